The quantitative estimate of drug-likeness (QED) is 0.642. The van der Waals surface area contributed by atoms with Crippen molar-refractivity contribution in [3.63, 3.8) is 0 Å². The molecule has 0 aliphatic carbocycles. The number of hydrogen-bond donors (Lipinski definition) is 3. The van der Waals surface area contributed by atoms with E-state index in [4.69, 9.17) is 9.84 Å². The third-order valence-electron chi connectivity index (χ3n) is 2.98. The van der Waals surface area contributed by atoms with Gasteiger partial charge in [-0.05, 0) is 19.3 Å². The summed E-state index contributed by atoms with van der Waals surface area (Å²) in [4.78, 5) is 8.82. The third kappa shape index (κ3) is 5.30. The van der Waals surface area contributed by atoms with E-state index in [2.05, 4.69) is 34.4 Å². The molecule has 0 radical (unpaired) electrons. The number of aromatic nitrogens is 2. The van der Waals surface area contributed by atoms with Crippen LogP contribution >= 0.6 is 0 Å². The predicted octanol–water partition coefficient (Wildman–Crippen LogP) is 1.87. The van der Waals surface area contributed by atoms with Gasteiger partial charge in [0.15, 0.2) is 5.82 Å². The zero-order valence-electron chi connectivity index (χ0n) is 12.8. The third-order valence-corrected chi connectivity index (χ3v) is 2.98. The van der Waals surface area contributed by atoms with Gasteiger partial charge in [-0.1, -0.05) is 13.8 Å². The van der Waals surface area contributed by atoms with Crippen LogP contribution in [-0.4, -0.2) is 41.4 Å². The summed E-state index contributed by atoms with van der Waals surface area (Å²) in [6, 6.07) is 2.06. The van der Waals surface area contributed by atoms with E-state index in [1.165, 1.54) is 0 Å². The van der Waals surface area contributed by atoms with Crippen LogP contribution in [0.5, 0.6) is 0 Å². The number of rotatable bonds is 9. The molecule has 1 heterocycles. The molecule has 0 aliphatic rings. The summed E-state index contributed by atoms with van der Waals surface area (Å²) in [5.41, 5.74) is 0. The first kappa shape index (κ1) is 16.7. The highest BCUT2D eigenvalue weighted by Crippen LogP contribution is 2.17. The second-order valence-corrected chi connectivity index (χ2v) is 5.03. The molecule has 20 heavy (non-hydrogen) atoms. The van der Waals surface area contributed by atoms with E-state index in [0.29, 0.717) is 24.8 Å². The summed E-state index contributed by atoms with van der Waals surface area (Å²) in [5, 5.41) is 15.7. The van der Waals surface area contributed by atoms with Crippen molar-refractivity contribution in [1.82, 2.24) is 9.97 Å². The van der Waals surface area contributed by atoms with Crippen LogP contribution in [0, 0.1) is 5.92 Å². The minimum absolute atomic E-state index is 0.159. The molecule has 0 spiro atoms. The minimum Gasteiger partial charge on any atom is -0.396 e. The number of nitrogens with zero attached hydrogens (tertiary/aromatic N) is 2. The van der Waals surface area contributed by atoms with Crippen molar-refractivity contribution >= 4 is 11.6 Å². The average molecular weight is 282 g/mol. The van der Waals surface area contributed by atoms with E-state index in [-0.39, 0.29) is 12.6 Å². The molecule has 6 nitrogen and oxygen atoms in total. The second-order valence-electron chi connectivity index (χ2n) is 5.03. The minimum atomic E-state index is 0.159. The van der Waals surface area contributed by atoms with E-state index in [9.17, 15) is 0 Å². The number of ether oxygens (including phenoxy) is 1. The number of anilines is 2. The predicted molar refractivity (Wildman–Crippen MR) is 80.9 cm³/mol. The van der Waals surface area contributed by atoms with Gasteiger partial charge in [0.25, 0.3) is 0 Å². The molecular formula is C14H26N4O2. The van der Waals surface area contributed by atoms with Crippen molar-refractivity contribution in [2.24, 2.45) is 5.92 Å². The van der Waals surface area contributed by atoms with Gasteiger partial charge in [-0.3, -0.25) is 0 Å². The highest BCUT2D eigenvalue weighted by atomic mass is 16.5. The number of methoxy groups -OCH3 is 1. The van der Waals surface area contributed by atoms with Crippen LogP contribution in [0.25, 0.3) is 0 Å². The maximum Gasteiger partial charge on any atom is 0.158 e. The number of aliphatic hydroxyl groups is 1. The molecule has 1 aromatic rings. The monoisotopic (exact) mass is 282 g/mol. The highest BCUT2D eigenvalue weighted by Gasteiger charge is 2.14. The normalized spacial score (nSPS) is 12.5. The molecule has 6 heteroatoms. The number of aliphatic hydroxyl groups excluding tert-OH is 1. The van der Waals surface area contributed by atoms with Crippen LogP contribution in [0.2, 0.25) is 0 Å². The Labute approximate surface area is 121 Å². The maximum atomic E-state index is 9.14. The van der Waals surface area contributed by atoms with Gasteiger partial charge in [-0.2, -0.15) is 0 Å². The van der Waals surface area contributed by atoms with Gasteiger partial charge >= 0.3 is 0 Å². The summed E-state index contributed by atoms with van der Waals surface area (Å²) >= 11 is 0. The first-order chi connectivity index (χ1) is 9.60. The van der Waals surface area contributed by atoms with E-state index < -0.39 is 0 Å². The Kier molecular flexibility index (Phi) is 7.25. The Morgan fingerprint density at radius 3 is 2.55 bits per heavy atom. The molecule has 3 N–H and O–H groups in total. The molecule has 1 aromatic heterocycles. The lowest BCUT2D eigenvalue weighted by molar-refractivity contribution is 0.178. The molecule has 0 amide bonds. The summed E-state index contributed by atoms with van der Waals surface area (Å²) < 4.78 is 5.10. The van der Waals surface area contributed by atoms with Gasteiger partial charge in [0.05, 0.1) is 0 Å². The average Bonchev–Trinajstić information content (AvgIpc) is 2.38. The number of nitrogens with one attached hydrogen (secondary N) is 2. The fraction of sp³-hybridized carbons (Fsp3) is 0.714. The van der Waals surface area contributed by atoms with Gasteiger partial charge in [-0.25, -0.2) is 9.97 Å². The van der Waals surface area contributed by atoms with Crippen molar-refractivity contribution in [2.75, 3.05) is 30.9 Å². The van der Waals surface area contributed by atoms with Crippen LogP contribution in [0.1, 0.15) is 33.0 Å². The van der Waals surface area contributed by atoms with Gasteiger partial charge in [0, 0.05) is 32.4 Å². The SMILES string of the molecule is CCNc1cc(NC(CCO)C(C)C)nc(COC)n1. The fourth-order valence-corrected chi connectivity index (χ4v) is 1.94. The molecule has 0 aromatic carbocycles. The summed E-state index contributed by atoms with van der Waals surface area (Å²) in [6.45, 7) is 7.60. The largest absolute Gasteiger partial charge is 0.396 e. The Bertz CT molecular complexity index is 375. The molecule has 1 unspecified atom stereocenters. The lowest BCUT2D eigenvalue weighted by atomic mass is 10.0. The molecule has 114 valence electrons. The lowest BCUT2D eigenvalue weighted by Crippen LogP contribution is -2.27. The van der Waals surface area contributed by atoms with Crippen molar-refractivity contribution < 1.29 is 9.84 Å². The summed E-state index contributed by atoms with van der Waals surface area (Å²) in [6.07, 6.45) is 0.692. The Morgan fingerprint density at radius 2 is 2.00 bits per heavy atom. The first-order valence-corrected chi connectivity index (χ1v) is 7.08. The first-order valence-electron chi connectivity index (χ1n) is 7.08. The molecule has 0 saturated carbocycles. The van der Waals surface area contributed by atoms with E-state index >= 15 is 0 Å². The van der Waals surface area contributed by atoms with E-state index in [1.807, 2.05) is 13.0 Å². The van der Waals surface area contributed by atoms with Crippen molar-refractivity contribution in [2.45, 2.75) is 39.8 Å². The molecule has 0 saturated heterocycles. The van der Waals surface area contributed by atoms with E-state index in [0.717, 1.165) is 18.2 Å². The maximum absolute atomic E-state index is 9.14. The van der Waals surface area contributed by atoms with Crippen LogP contribution in [0.4, 0.5) is 11.6 Å². The molecule has 1 rings (SSSR count). The van der Waals surface area contributed by atoms with Crippen LogP contribution < -0.4 is 10.6 Å². The van der Waals surface area contributed by atoms with Gasteiger partial charge < -0.3 is 20.5 Å². The molecule has 0 aliphatic heterocycles. The molecule has 0 bridgehead atoms. The Hall–Kier alpha value is -1.40. The zero-order valence-corrected chi connectivity index (χ0v) is 12.8. The lowest BCUT2D eigenvalue weighted by Gasteiger charge is -2.22. The Balaban J connectivity index is 2.90. The summed E-state index contributed by atoms with van der Waals surface area (Å²) in [7, 11) is 1.62. The Morgan fingerprint density at radius 1 is 1.30 bits per heavy atom. The van der Waals surface area contributed by atoms with Crippen molar-refractivity contribution in [1.29, 1.82) is 0 Å². The topological polar surface area (TPSA) is 79.3 Å². The molecule has 1 atom stereocenters. The standard InChI is InChI=1S/C14H26N4O2/c1-5-15-12-8-13(18-14(17-12)9-20-4)16-11(6-7-19)10(2)3/h8,10-11,19H,5-7,9H2,1-4H3,(H2,15,16,17,18). The highest BCUT2D eigenvalue weighted by molar-refractivity contribution is 5.48. The van der Waals surface area contributed by atoms with Crippen molar-refractivity contribution in [3.05, 3.63) is 11.9 Å². The zero-order chi connectivity index (χ0) is 15.0. The summed E-state index contributed by atoms with van der Waals surface area (Å²) in [5.74, 6) is 2.59. The fourth-order valence-electron chi connectivity index (χ4n) is 1.94. The van der Waals surface area contributed by atoms with Gasteiger partial charge in [-0.15, -0.1) is 0 Å². The van der Waals surface area contributed by atoms with Crippen LogP contribution in [0.15, 0.2) is 6.07 Å². The van der Waals surface area contributed by atoms with Gasteiger partial charge in [0.2, 0.25) is 0 Å². The second kappa shape index (κ2) is 8.71. The smallest absolute Gasteiger partial charge is 0.158 e. The van der Waals surface area contributed by atoms with Crippen molar-refractivity contribution in [3.8, 4) is 0 Å². The van der Waals surface area contributed by atoms with Crippen LogP contribution in [0.3, 0.4) is 0 Å². The van der Waals surface area contributed by atoms with Crippen LogP contribution in [-0.2, 0) is 11.3 Å². The molecular weight excluding hydrogens is 256 g/mol. The van der Waals surface area contributed by atoms with E-state index in [1.54, 1.807) is 7.11 Å². The molecule has 0 fully saturated rings. The van der Waals surface area contributed by atoms with Gasteiger partial charge in [0.1, 0.15) is 18.2 Å². The number of hydrogen-bond acceptors (Lipinski definition) is 6.